The van der Waals surface area contributed by atoms with Gasteiger partial charge in [0.1, 0.15) is 59.8 Å². The SMILES string of the molecule is CC[C@H](C)[C@H](NC(=O)[C@H](CO)NC(=O)[C@H](Cc1cnc[nH]1)NC(=O)[C@@H]1CCCN1C(=O)[C@@H](NC(=O)[C@@H](NC(=O)[C@H](CO)NC(=O)[C@H](Cc1ccc(O)cc1)NC(=O)[C@@H](N)Cc1ccc(O)cc1)[C@@H](C)CC)[C@@H](C)CC)C(=O)O. The number of aromatic amines is 1. The number of likely N-dealkylation sites (tertiary alicyclic amines) is 1. The van der Waals surface area contributed by atoms with E-state index < -0.39 is 139 Å². The van der Waals surface area contributed by atoms with Gasteiger partial charge in [0.25, 0.3) is 0 Å². The minimum Gasteiger partial charge on any atom is -0.508 e. The lowest BCUT2D eigenvalue weighted by molar-refractivity contribution is -0.144. The normalized spacial score (nSPS) is 17.4. The Kier molecular flexibility index (Phi) is 24.5. The number of nitrogens with one attached hydrogen (secondary N) is 8. The number of aromatic hydroxyl groups is 2. The summed E-state index contributed by atoms with van der Waals surface area (Å²) < 4.78 is 0. The van der Waals surface area contributed by atoms with Crippen molar-refractivity contribution in [3.8, 4) is 11.5 Å². The van der Waals surface area contributed by atoms with Crippen LogP contribution >= 0.6 is 0 Å². The van der Waals surface area contributed by atoms with Gasteiger partial charge in [0.15, 0.2) is 0 Å². The molecule has 0 unspecified atom stereocenters. The first-order chi connectivity index (χ1) is 37.0. The van der Waals surface area contributed by atoms with E-state index in [1.807, 2.05) is 0 Å². The van der Waals surface area contributed by atoms with E-state index in [9.17, 15) is 68.7 Å². The van der Waals surface area contributed by atoms with E-state index in [-0.39, 0.29) is 43.7 Å². The highest BCUT2D eigenvalue weighted by molar-refractivity contribution is 5.98. The Hall–Kier alpha value is -7.64. The Morgan fingerprint density at radius 1 is 0.603 bits per heavy atom. The minimum absolute atomic E-state index is 0.0149. The van der Waals surface area contributed by atoms with Gasteiger partial charge in [0.2, 0.25) is 47.3 Å². The van der Waals surface area contributed by atoms with E-state index in [1.165, 1.54) is 53.8 Å². The second-order valence-corrected chi connectivity index (χ2v) is 19.9. The van der Waals surface area contributed by atoms with Crippen molar-refractivity contribution >= 4 is 53.2 Å². The number of phenols is 2. The number of hydrogen-bond acceptors (Lipinski definition) is 15. The smallest absolute Gasteiger partial charge is 0.326 e. The predicted octanol–water partition coefficient (Wildman–Crippen LogP) is -1.23. The average Bonchev–Trinajstić information content (AvgIpc) is 4.15. The van der Waals surface area contributed by atoms with Gasteiger partial charge < -0.3 is 78.4 Å². The molecular formula is C53H77N11O14. The molecule has 0 aliphatic carbocycles. The van der Waals surface area contributed by atoms with Crippen LogP contribution in [-0.2, 0) is 62.4 Å². The van der Waals surface area contributed by atoms with Crippen LogP contribution < -0.4 is 43.0 Å². The van der Waals surface area contributed by atoms with Gasteiger partial charge in [-0.25, -0.2) is 9.78 Å². The van der Waals surface area contributed by atoms with Crippen LogP contribution in [0.2, 0.25) is 0 Å². The maximum atomic E-state index is 14.6. The molecule has 78 heavy (non-hydrogen) atoms. The number of aliphatic hydroxyl groups is 2. The second kappa shape index (κ2) is 30.3. The van der Waals surface area contributed by atoms with Crippen molar-refractivity contribution in [1.29, 1.82) is 0 Å². The van der Waals surface area contributed by atoms with E-state index in [0.29, 0.717) is 42.5 Å². The number of H-pyrrole nitrogens is 1. The number of carboxylic acid groups (broad SMARTS) is 1. The molecule has 15 N–H and O–H groups in total. The number of amides is 8. The molecule has 25 nitrogen and oxygen atoms in total. The molecule has 12 atom stereocenters. The van der Waals surface area contributed by atoms with Crippen molar-refractivity contribution < 1.29 is 68.7 Å². The lowest BCUT2D eigenvalue weighted by Gasteiger charge is -2.34. The van der Waals surface area contributed by atoms with Crippen LogP contribution in [0.4, 0.5) is 0 Å². The Balaban J connectivity index is 1.50. The van der Waals surface area contributed by atoms with Crippen molar-refractivity contribution in [2.45, 2.75) is 147 Å². The number of nitrogens with two attached hydrogens (primary N) is 1. The molecule has 0 radical (unpaired) electrons. The number of hydrogen-bond donors (Lipinski definition) is 14. The van der Waals surface area contributed by atoms with E-state index in [0.717, 1.165) is 0 Å². The maximum absolute atomic E-state index is 14.6. The van der Waals surface area contributed by atoms with Gasteiger partial charge in [-0.1, -0.05) is 85.1 Å². The predicted molar refractivity (Wildman–Crippen MR) is 282 cm³/mol. The molecule has 3 aromatic rings. The zero-order chi connectivity index (χ0) is 57.8. The van der Waals surface area contributed by atoms with Crippen molar-refractivity contribution in [3.05, 3.63) is 77.9 Å². The summed E-state index contributed by atoms with van der Waals surface area (Å²) in [7, 11) is 0. The third kappa shape index (κ3) is 18.0. The molecule has 8 amide bonds. The summed E-state index contributed by atoms with van der Waals surface area (Å²) in [4.78, 5) is 132. The summed E-state index contributed by atoms with van der Waals surface area (Å²) in [6.45, 7) is 8.54. The summed E-state index contributed by atoms with van der Waals surface area (Å²) in [6.07, 6.45) is 4.14. The molecule has 0 spiro atoms. The Bertz CT molecular complexity index is 2500. The molecule has 2 heterocycles. The highest BCUT2D eigenvalue weighted by Gasteiger charge is 2.42. The lowest BCUT2D eigenvalue weighted by Crippen LogP contribution is -2.62. The maximum Gasteiger partial charge on any atom is 0.326 e. The van der Waals surface area contributed by atoms with E-state index >= 15 is 0 Å². The molecule has 428 valence electrons. The molecule has 1 aliphatic rings. The summed E-state index contributed by atoms with van der Waals surface area (Å²) in [5.41, 5.74) is 7.75. The van der Waals surface area contributed by atoms with Crippen LogP contribution in [0.1, 0.15) is 90.5 Å². The second-order valence-electron chi connectivity index (χ2n) is 19.9. The number of phenolic OH excluding ortho intramolecular Hbond substituents is 2. The highest BCUT2D eigenvalue weighted by Crippen LogP contribution is 2.23. The van der Waals surface area contributed by atoms with Gasteiger partial charge in [0.05, 0.1) is 25.6 Å². The fraction of sp³-hybridized carbons (Fsp3) is 0.547. The zero-order valence-corrected chi connectivity index (χ0v) is 44.9. The zero-order valence-electron chi connectivity index (χ0n) is 44.9. The van der Waals surface area contributed by atoms with Crippen molar-refractivity contribution in [2.75, 3.05) is 19.8 Å². The van der Waals surface area contributed by atoms with Gasteiger partial charge in [-0.3, -0.25) is 38.4 Å². The van der Waals surface area contributed by atoms with Crippen LogP contribution in [-0.4, -0.2) is 168 Å². The summed E-state index contributed by atoms with van der Waals surface area (Å²) >= 11 is 0. The van der Waals surface area contributed by atoms with Gasteiger partial charge in [-0.05, 0) is 72.4 Å². The molecular weight excluding hydrogens is 1010 g/mol. The Labute approximate surface area is 452 Å². The number of carbonyl (C=O) groups is 9. The molecule has 0 bridgehead atoms. The molecule has 1 saturated heterocycles. The Morgan fingerprint density at radius 2 is 1.05 bits per heavy atom. The number of nitrogens with zero attached hydrogens (tertiary/aromatic N) is 2. The van der Waals surface area contributed by atoms with Gasteiger partial charge in [-0.2, -0.15) is 0 Å². The van der Waals surface area contributed by atoms with Crippen LogP contribution in [0, 0.1) is 17.8 Å². The minimum atomic E-state index is -1.65. The number of imidazole rings is 1. The lowest BCUT2D eigenvalue weighted by atomic mass is 9.94. The Morgan fingerprint density at radius 3 is 1.54 bits per heavy atom. The number of aliphatic carboxylic acids is 1. The molecule has 4 rings (SSSR count). The summed E-state index contributed by atoms with van der Waals surface area (Å²) in [6, 6.07) is -0.324. The van der Waals surface area contributed by atoms with Crippen LogP contribution in [0.5, 0.6) is 11.5 Å². The van der Waals surface area contributed by atoms with Gasteiger partial charge in [-0.15, -0.1) is 0 Å². The van der Waals surface area contributed by atoms with E-state index in [1.54, 1.807) is 53.7 Å². The molecule has 2 aromatic carbocycles. The topological polar surface area (TPSA) is 397 Å². The van der Waals surface area contributed by atoms with E-state index in [4.69, 9.17) is 5.73 Å². The molecule has 1 aliphatic heterocycles. The first kappa shape index (κ1) is 62.9. The number of aromatic nitrogens is 2. The molecule has 25 heteroatoms. The molecule has 1 fully saturated rings. The largest absolute Gasteiger partial charge is 0.508 e. The number of carboxylic acids is 1. The third-order valence-corrected chi connectivity index (χ3v) is 14.2. The average molecular weight is 1090 g/mol. The first-order valence-corrected chi connectivity index (χ1v) is 26.2. The number of rotatable bonds is 30. The van der Waals surface area contributed by atoms with Crippen molar-refractivity contribution in [2.24, 2.45) is 23.5 Å². The number of aliphatic hydroxyl groups excluding tert-OH is 2. The van der Waals surface area contributed by atoms with Crippen LogP contribution in [0.3, 0.4) is 0 Å². The molecule has 1 aromatic heterocycles. The highest BCUT2D eigenvalue weighted by atomic mass is 16.4. The van der Waals surface area contributed by atoms with Gasteiger partial charge in [0, 0.05) is 31.3 Å². The van der Waals surface area contributed by atoms with Gasteiger partial charge >= 0.3 is 5.97 Å². The number of carbonyl (C=O) groups excluding carboxylic acids is 8. The first-order valence-electron chi connectivity index (χ1n) is 26.2. The van der Waals surface area contributed by atoms with Crippen molar-refractivity contribution in [1.82, 2.24) is 52.1 Å². The van der Waals surface area contributed by atoms with Crippen LogP contribution in [0.25, 0.3) is 0 Å². The standard InChI is InChI=1S/C53H77N11O14/c1-7-28(4)42(61-48(72)39(25-65)59-46(70)37(22-32-14-18-35(68)19-15-32)57-45(69)36(54)21-31-12-16-34(67)17-13-31)51(75)62-43(29(5)8-2)52(76)64-20-10-11-41(64)50(74)58-38(23-33-24-55-27-56-33)47(71)60-40(26-66)49(73)63-44(53(77)78)30(6)9-3/h12-19,24,27-30,36-44,65-68H,7-11,20-23,25-26,54H2,1-6H3,(H,55,56)(H,57,69)(H,58,74)(H,59,70)(H,60,71)(H,61,72)(H,62,75)(H,63,73)(H,77,78)/t28-,29-,30-,36-,37-,38-,39-,40-,41-,42-,43-,44-/m0/s1. The summed E-state index contributed by atoms with van der Waals surface area (Å²) in [5, 5.41) is 67.7. The fourth-order valence-corrected chi connectivity index (χ4v) is 8.66. The molecule has 0 saturated carbocycles. The fourth-order valence-electron chi connectivity index (χ4n) is 8.66. The quantitative estimate of drug-likeness (QED) is 0.0372. The monoisotopic (exact) mass is 1090 g/mol. The number of benzene rings is 2. The van der Waals surface area contributed by atoms with Crippen LogP contribution in [0.15, 0.2) is 61.1 Å². The van der Waals surface area contributed by atoms with Crippen molar-refractivity contribution in [3.63, 3.8) is 0 Å². The van der Waals surface area contributed by atoms with E-state index in [2.05, 4.69) is 47.2 Å². The third-order valence-electron chi connectivity index (χ3n) is 14.2. The summed E-state index contributed by atoms with van der Waals surface area (Å²) in [5.74, 6) is -9.55.